The minimum absolute atomic E-state index is 0.0345. The number of carbonyl (C=O) groups excluding carboxylic acids is 1. The summed E-state index contributed by atoms with van der Waals surface area (Å²) in [5.74, 6) is 0.106. The summed E-state index contributed by atoms with van der Waals surface area (Å²) in [7, 11) is 0. The molecule has 0 unspecified atom stereocenters. The standard InChI is InChI=1S/C25H19BrN4O8/c1-2-36-22-10-16(9-20(26)24(22)37-14-15-4-3-5-18(8-15)29(32)33)13-27-28-25(31)23-12-17-11-19(30(34)35)6-7-21(17)38-23/h3-13H,2,14H2,1H3,(H,28,31)/b27-13-. The smallest absolute Gasteiger partial charge is 0.307 e. The second-order valence-electron chi connectivity index (χ2n) is 7.77. The molecular formula is C25H19BrN4O8. The third kappa shape index (κ3) is 6.13. The number of non-ortho nitro benzene ring substituents is 2. The monoisotopic (exact) mass is 582 g/mol. The molecule has 0 saturated carbocycles. The Labute approximate surface area is 223 Å². The lowest BCUT2D eigenvalue weighted by molar-refractivity contribution is -0.385. The van der Waals surface area contributed by atoms with Crippen LogP contribution >= 0.6 is 15.9 Å². The van der Waals surface area contributed by atoms with E-state index in [9.17, 15) is 25.0 Å². The molecule has 12 nitrogen and oxygen atoms in total. The number of hydrogen-bond acceptors (Lipinski definition) is 9. The Morgan fingerprint density at radius 1 is 1.05 bits per heavy atom. The van der Waals surface area contributed by atoms with Gasteiger partial charge in [0, 0.05) is 29.7 Å². The van der Waals surface area contributed by atoms with Crippen LogP contribution in [0.2, 0.25) is 0 Å². The van der Waals surface area contributed by atoms with E-state index >= 15 is 0 Å². The minimum atomic E-state index is -0.638. The van der Waals surface area contributed by atoms with Crippen LogP contribution in [-0.4, -0.2) is 28.6 Å². The molecule has 0 aliphatic heterocycles. The topological polar surface area (TPSA) is 159 Å². The van der Waals surface area contributed by atoms with E-state index in [4.69, 9.17) is 13.9 Å². The maximum Gasteiger partial charge on any atom is 0.307 e. The number of amides is 1. The molecule has 0 aliphatic carbocycles. The van der Waals surface area contributed by atoms with E-state index in [-0.39, 0.29) is 23.7 Å². The van der Waals surface area contributed by atoms with Crippen LogP contribution in [-0.2, 0) is 6.61 Å². The van der Waals surface area contributed by atoms with Gasteiger partial charge in [-0.3, -0.25) is 25.0 Å². The van der Waals surface area contributed by atoms with E-state index in [1.807, 2.05) is 0 Å². The molecule has 4 aromatic rings. The number of rotatable bonds is 10. The number of benzene rings is 3. The van der Waals surface area contributed by atoms with Crippen LogP contribution in [0.15, 0.2) is 74.7 Å². The van der Waals surface area contributed by atoms with Crippen molar-refractivity contribution in [2.24, 2.45) is 5.10 Å². The van der Waals surface area contributed by atoms with Gasteiger partial charge in [-0.15, -0.1) is 0 Å². The van der Waals surface area contributed by atoms with Crippen molar-refractivity contribution in [1.82, 2.24) is 5.43 Å². The number of nitro benzene ring substituents is 2. The zero-order chi connectivity index (χ0) is 27.2. The molecule has 38 heavy (non-hydrogen) atoms. The summed E-state index contributed by atoms with van der Waals surface area (Å²) >= 11 is 3.45. The Bertz CT molecular complexity index is 1570. The second kappa shape index (κ2) is 11.5. The molecule has 0 spiro atoms. The van der Waals surface area contributed by atoms with Crippen molar-refractivity contribution < 1.29 is 28.5 Å². The van der Waals surface area contributed by atoms with Crippen LogP contribution in [0, 0.1) is 20.2 Å². The van der Waals surface area contributed by atoms with Gasteiger partial charge in [-0.25, -0.2) is 5.43 Å². The van der Waals surface area contributed by atoms with Gasteiger partial charge >= 0.3 is 5.91 Å². The molecule has 13 heteroatoms. The largest absolute Gasteiger partial charge is 0.490 e. The summed E-state index contributed by atoms with van der Waals surface area (Å²) in [5.41, 5.74) is 3.72. The first kappa shape index (κ1) is 26.3. The van der Waals surface area contributed by atoms with Gasteiger partial charge in [-0.1, -0.05) is 12.1 Å². The van der Waals surface area contributed by atoms with Gasteiger partial charge in [-0.05, 0) is 58.2 Å². The number of halogens is 1. The van der Waals surface area contributed by atoms with Crippen LogP contribution in [0.25, 0.3) is 11.0 Å². The van der Waals surface area contributed by atoms with Crippen LogP contribution in [0.3, 0.4) is 0 Å². The SMILES string of the molecule is CCOc1cc(/C=N\NC(=O)c2cc3cc([N+](=O)[O-])ccc3o2)cc(Br)c1OCc1cccc([N+](=O)[O-])c1. The van der Waals surface area contributed by atoms with E-state index in [2.05, 4.69) is 26.5 Å². The molecule has 0 fully saturated rings. The highest BCUT2D eigenvalue weighted by Gasteiger charge is 2.16. The van der Waals surface area contributed by atoms with E-state index in [1.54, 1.807) is 31.2 Å². The van der Waals surface area contributed by atoms with Crippen molar-refractivity contribution in [3.05, 3.63) is 102 Å². The predicted octanol–water partition coefficient (Wildman–Crippen LogP) is 5.75. The van der Waals surface area contributed by atoms with Crippen LogP contribution in [0.4, 0.5) is 11.4 Å². The highest BCUT2D eigenvalue weighted by atomic mass is 79.9. The van der Waals surface area contributed by atoms with Gasteiger partial charge in [0.2, 0.25) is 0 Å². The lowest BCUT2D eigenvalue weighted by Crippen LogP contribution is -2.16. The molecular weight excluding hydrogens is 564 g/mol. The summed E-state index contributed by atoms with van der Waals surface area (Å²) in [6.45, 7) is 2.23. The van der Waals surface area contributed by atoms with Crippen molar-refractivity contribution in [3.8, 4) is 11.5 Å². The van der Waals surface area contributed by atoms with Crippen molar-refractivity contribution in [2.75, 3.05) is 6.61 Å². The minimum Gasteiger partial charge on any atom is -0.490 e. The summed E-state index contributed by atoms with van der Waals surface area (Å²) in [6, 6.07) is 14.9. The van der Waals surface area contributed by atoms with Gasteiger partial charge in [-0.2, -0.15) is 5.10 Å². The Hall–Kier alpha value is -4.78. The number of nitro groups is 2. The van der Waals surface area contributed by atoms with Crippen LogP contribution in [0.5, 0.6) is 11.5 Å². The quantitative estimate of drug-likeness (QED) is 0.140. The maximum atomic E-state index is 12.5. The van der Waals surface area contributed by atoms with Crippen molar-refractivity contribution in [1.29, 1.82) is 0 Å². The van der Waals surface area contributed by atoms with Gasteiger partial charge in [0.05, 0.1) is 27.1 Å². The highest BCUT2D eigenvalue weighted by molar-refractivity contribution is 9.10. The summed E-state index contributed by atoms with van der Waals surface area (Å²) in [6.07, 6.45) is 1.39. The fourth-order valence-corrected chi connectivity index (χ4v) is 4.03. The Morgan fingerprint density at radius 3 is 2.55 bits per heavy atom. The lowest BCUT2D eigenvalue weighted by atomic mass is 10.2. The molecule has 194 valence electrons. The van der Waals surface area contributed by atoms with E-state index < -0.39 is 15.8 Å². The Kier molecular flexibility index (Phi) is 7.97. The molecule has 0 bridgehead atoms. The molecule has 0 radical (unpaired) electrons. The van der Waals surface area contributed by atoms with Gasteiger partial charge in [0.25, 0.3) is 11.4 Å². The van der Waals surface area contributed by atoms with Crippen LogP contribution < -0.4 is 14.9 Å². The molecule has 0 atom stereocenters. The summed E-state index contributed by atoms with van der Waals surface area (Å²) in [4.78, 5) is 33.4. The number of hydrazone groups is 1. The van der Waals surface area contributed by atoms with E-state index in [0.29, 0.717) is 44.7 Å². The average Bonchev–Trinajstić information content (AvgIpc) is 3.32. The first-order valence-corrected chi connectivity index (χ1v) is 11.9. The summed E-state index contributed by atoms with van der Waals surface area (Å²) in [5, 5.41) is 26.3. The van der Waals surface area contributed by atoms with Crippen molar-refractivity contribution in [3.63, 3.8) is 0 Å². The zero-order valence-corrected chi connectivity index (χ0v) is 21.3. The average molecular weight is 583 g/mol. The molecule has 4 rings (SSSR count). The fraction of sp³-hybridized carbons (Fsp3) is 0.120. The third-order valence-electron chi connectivity index (χ3n) is 5.15. The number of carbonyl (C=O) groups is 1. The van der Waals surface area contributed by atoms with Gasteiger partial charge < -0.3 is 13.9 Å². The molecule has 1 heterocycles. The lowest BCUT2D eigenvalue weighted by Gasteiger charge is -2.14. The number of furan rings is 1. The number of ether oxygens (including phenoxy) is 2. The summed E-state index contributed by atoms with van der Waals surface area (Å²) < 4.78 is 17.6. The maximum absolute atomic E-state index is 12.5. The van der Waals surface area contributed by atoms with E-state index in [0.717, 1.165) is 0 Å². The highest BCUT2D eigenvalue weighted by Crippen LogP contribution is 2.37. The molecule has 1 aromatic heterocycles. The molecule has 1 N–H and O–H groups in total. The number of hydrogen-bond donors (Lipinski definition) is 1. The first-order chi connectivity index (χ1) is 18.2. The number of fused-ring (bicyclic) bond motifs is 1. The Morgan fingerprint density at radius 2 is 1.82 bits per heavy atom. The number of nitrogens with one attached hydrogen (secondary N) is 1. The molecule has 0 aliphatic rings. The molecule has 3 aromatic carbocycles. The fourth-order valence-electron chi connectivity index (χ4n) is 3.46. The van der Waals surface area contributed by atoms with E-state index in [1.165, 1.54) is 42.6 Å². The first-order valence-electron chi connectivity index (χ1n) is 11.1. The molecule has 0 saturated heterocycles. The number of nitrogens with zero attached hydrogens (tertiary/aromatic N) is 3. The van der Waals surface area contributed by atoms with Crippen molar-refractivity contribution in [2.45, 2.75) is 13.5 Å². The Balaban J connectivity index is 1.46. The van der Waals surface area contributed by atoms with Crippen molar-refractivity contribution >= 4 is 50.4 Å². The third-order valence-corrected chi connectivity index (χ3v) is 5.74. The zero-order valence-electron chi connectivity index (χ0n) is 19.8. The van der Waals surface area contributed by atoms with Crippen LogP contribution in [0.1, 0.15) is 28.6 Å². The molecule has 1 amide bonds. The normalized spacial score (nSPS) is 11.0. The predicted molar refractivity (Wildman–Crippen MR) is 141 cm³/mol. The second-order valence-corrected chi connectivity index (χ2v) is 8.62. The van der Waals surface area contributed by atoms with Gasteiger partial charge in [0.15, 0.2) is 17.3 Å². The van der Waals surface area contributed by atoms with Gasteiger partial charge in [0.1, 0.15) is 12.2 Å².